The van der Waals surface area contributed by atoms with Gasteiger partial charge in [-0.05, 0) is 50.2 Å². The summed E-state index contributed by atoms with van der Waals surface area (Å²) in [5.74, 6) is -0.375. The molecule has 1 saturated heterocycles. The van der Waals surface area contributed by atoms with Gasteiger partial charge in [-0.15, -0.1) is 10.2 Å². The molecule has 1 aromatic carbocycles. The van der Waals surface area contributed by atoms with Crippen molar-refractivity contribution in [3.63, 3.8) is 0 Å². The number of pyridine rings is 1. The predicted molar refractivity (Wildman–Crippen MR) is 96.4 cm³/mol. The quantitative estimate of drug-likeness (QED) is 0.766. The van der Waals surface area contributed by atoms with Gasteiger partial charge in [-0.2, -0.15) is 0 Å². The fraction of sp³-hybridized carbons (Fsp3) is 0.316. The van der Waals surface area contributed by atoms with Gasteiger partial charge in [0.15, 0.2) is 5.65 Å². The number of piperidine rings is 1. The molecular weight excluding hydrogens is 352 g/mol. The lowest BCUT2D eigenvalue weighted by Gasteiger charge is -2.30. The van der Waals surface area contributed by atoms with Crippen molar-refractivity contribution in [2.45, 2.75) is 18.8 Å². The van der Waals surface area contributed by atoms with E-state index in [9.17, 15) is 13.6 Å². The number of carbonyl (C=O) groups excluding carboxylic acids is 1. The van der Waals surface area contributed by atoms with Crippen LogP contribution in [0.15, 0.2) is 42.6 Å². The lowest BCUT2D eigenvalue weighted by atomic mass is 9.96. The van der Waals surface area contributed by atoms with Gasteiger partial charge in [0.05, 0.1) is 12.2 Å². The maximum atomic E-state index is 13.6. The maximum Gasteiger partial charge on any atom is 0.238 e. The van der Waals surface area contributed by atoms with Crippen molar-refractivity contribution in [1.29, 1.82) is 0 Å². The first-order valence-corrected chi connectivity index (χ1v) is 8.87. The molecule has 0 radical (unpaired) electrons. The molecule has 2 aromatic heterocycles. The van der Waals surface area contributed by atoms with Crippen molar-refractivity contribution < 1.29 is 13.6 Å². The molecule has 1 N–H and O–H groups in total. The number of hydrogen-bond donors (Lipinski definition) is 1. The first-order valence-electron chi connectivity index (χ1n) is 8.87. The summed E-state index contributed by atoms with van der Waals surface area (Å²) >= 11 is 0. The van der Waals surface area contributed by atoms with Gasteiger partial charge in [0.1, 0.15) is 17.5 Å². The van der Waals surface area contributed by atoms with Crippen molar-refractivity contribution in [1.82, 2.24) is 19.5 Å². The van der Waals surface area contributed by atoms with Crippen LogP contribution in [0.3, 0.4) is 0 Å². The lowest BCUT2D eigenvalue weighted by Crippen LogP contribution is -2.39. The maximum absolute atomic E-state index is 13.6. The van der Waals surface area contributed by atoms with Gasteiger partial charge in [0, 0.05) is 18.2 Å². The Morgan fingerprint density at radius 1 is 1.15 bits per heavy atom. The van der Waals surface area contributed by atoms with Crippen molar-refractivity contribution in [3.05, 3.63) is 60.1 Å². The fourth-order valence-electron chi connectivity index (χ4n) is 3.47. The second-order valence-corrected chi connectivity index (χ2v) is 6.71. The second-order valence-electron chi connectivity index (χ2n) is 6.71. The monoisotopic (exact) mass is 371 g/mol. The minimum absolute atomic E-state index is 0.134. The van der Waals surface area contributed by atoms with E-state index < -0.39 is 11.6 Å². The Bertz CT molecular complexity index is 966. The van der Waals surface area contributed by atoms with Crippen LogP contribution in [0.2, 0.25) is 0 Å². The molecule has 0 saturated carbocycles. The molecule has 0 unspecified atom stereocenters. The van der Waals surface area contributed by atoms with E-state index in [1.165, 1.54) is 0 Å². The van der Waals surface area contributed by atoms with Crippen molar-refractivity contribution >= 4 is 17.2 Å². The predicted octanol–water partition coefficient (Wildman–Crippen LogP) is 2.83. The van der Waals surface area contributed by atoms with Crippen molar-refractivity contribution in [2.24, 2.45) is 0 Å². The van der Waals surface area contributed by atoms with E-state index in [1.54, 1.807) is 0 Å². The summed E-state index contributed by atoms with van der Waals surface area (Å²) < 4.78 is 28.8. The summed E-state index contributed by atoms with van der Waals surface area (Å²) in [6.45, 7) is 1.60. The Morgan fingerprint density at radius 3 is 2.78 bits per heavy atom. The number of halogens is 2. The highest BCUT2D eigenvalue weighted by Gasteiger charge is 2.25. The summed E-state index contributed by atoms with van der Waals surface area (Å²) in [6, 6.07) is 8.79. The van der Waals surface area contributed by atoms with Gasteiger partial charge in [-0.1, -0.05) is 6.07 Å². The Morgan fingerprint density at radius 2 is 1.96 bits per heavy atom. The molecule has 1 aliphatic rings. The molecule has 0 bridgehead atoms. The molecule has 1 aliphatic heterocycles. The molecule has 0 aliphatic carbocycles. The average molecular weight is 371 g/mol. The van der Waals surface area contributed by atoms with Gasteiger partial charge in [-0.3, -0.25) is 14.1 Å². The minimum Gasteiger partial charge on any atom is -0.322 e. The number of nitrogens with one attached hydrogen (secondary N) is 1. The molecule has 27 heavy (non-hydrogen) atoms. The molecule has 1 fully saturated rings. The molecule has 3 heterocycles. The van der Waals surface area contributed by atoms with Crippen LogP contribution in [0, 0.1) is 11.6 Å². The van der Waals surface area contributed by atoms with E-state index >= 15 is 0 Å². The number of amides is 1. The number of anilines is 1. The Labute approximate surface area is 154 Å². The third-order valence-electron chi connectivity index (χ3n) is 4.86. The largest absolute Gasteiger partial charge is 0.322 e. The van der Waals surface area contributed by atoms with Crippen LogP contribution >= 0.6 is 0 Å². The summed E-state index contributed by atoms with van der Waals surface area (Å²) in [4.78, 5) is 14.2. The van der Waals surface area contributed by atoms with Crippen LogP contribution in [0.1, 0.15) is 24.6 Å². The van der Waals surface area contributed by atoms with Crippen LogP contribution < -0.4 is 5.32 Å². The van der Waals surface area contributed by atoms with E-state index in [1.807, 2.05) is 33.7 Å². The molecule has 0 spiro atoms. The summed E-state index contributed by atoms with van der Waals surface area (Å²) in [5, 5.41) is 10.9. The Kier molecular flexibility index (Phi) is 4.81. The van der Waals surface area contributed by atoms with Gasteiger partial charge in [-0.25, -0.2) is 8.78 Å². The zero-order chi connectivity index (χ0) is 18.8. The molecule has 6 nitrogen and oxygen atoms in total. The highest BCUT2D eigenvalue weighted by molar-refractivity contribution is 5.92. The highest BCUT2D eigenvalue weighted by Crippen LogP contribution is 2.27. The normalized spacial score (nSPS) is 15.9. The third kappa shape index (κ3) is 3.80. The van der Waals surface area contributed by atoms with E-state index in [0.717, 1.165) is 55.6 Å². The number of carbonyl (C=O) groups is 1. The van der Waals surface area contributed by atoms with Crippen LogP contribution in [0.5, 0.6) is 0 Å². The molecule has 8 heteroatoms. The molecule has 3 aromatic rings. The number of benzene rings is 1. The number of aromatic nitrogens is 3. The molecule has 0 atom stereocenters. The molecule has 140 valence electrons. The van der Waals surface area contributed by atoms with Crippen LogP contribution in [0.25, 0.3) is 5.65 Å². The first-order chi connectivity index (χ1) is 13.1. The van der Waals surface area contributed by atoms with Gasteiger partial charge in [0.2, 0.25) is 5.91 Å². The fourth-order valence-corrected chi connectivity index (χ4v) is 3.47. The zero-order valence-corrected chi connectivity index (χ0v) is 14.6. The van der Waals surface area contributed by atoms with Crippen molar-refractivity contribution in [3.8, 4) is 0 Å². The highest BCUT2D eigenvalue weighted by atomic mass is 19.1. The van der Waals surface area contributed by atoms with Gasteiger partial charge in [0.25, 0.3) is 0 Å². The van der Waals surface area contributed by atoms with Gasteiger partial charge < -0.3 is 5.32 Å². The Hall–Kier alpha value is -2.87. The van der Waals surface area contributed by atoms with Gasteiger partial charge >= 0.3 is 0 Å². The standard InChI is InChI=1S/C19H19F2N5O/c20-14-4-5-15(21)16(11-14)22-18(27)12-25-9-6-13(7-10-25)19-24-23-17-3-1-2-8-26(17)19/h1-5,8,11,13H,6-7,9-10,12H2,(H,22,27). The SMILES string of the molecule is O=C(CN1CCC(c2nnc3ccccn23)CC1)Nc1cc(F)ccc1F. The summed E-state index contributed by atoms with van der Waals surface area (Å²) in [5.41, 5.74) is 0.691. The van der Waals surface area contributed by atoms with Crippen molar-refractivity contribution in [2.75, 3.05) is 25.0 Å². The molecular formula is C19H19F2N5O. The average Bonchev–Trinajstić information content (AvgIpc) is 3.09. The number of nitrogens with zero attached hydrogens (tertiary/aromatic N) is 4. The second kappa shape index (κ2) is 7.40. The van der Waals surface area contributed by atoms with Crippen LogP contribution in [-0.2, 0) is 4.79 Å². The smallest absolute Gasteiger partial charge is 0.238 e. The topological polar surface area (TPSA) is 62.5 Å². The van der Waals surface area contributed by atoms with Crippen LogP contribution in [-0.4, -0.2) is 45.0 Å². The Balaban J connectivity index is 1.34. The minimum atomic E-state index is -0.651. The number of rotatable bonds is 4. The number of hydrogen-bond acceptors (Lipinski definition) is 4. The number of likely N-dealkylation sites (tertiary alicyclic amines) is 1. The molecule has 1 amide bonds. The first kappa shape index (κ1) is 17.5. The summed E-state index contributed by atoms with van der Waals surface area (Å²) in [7, 11) is 0. The van der Waals surface area contributed by atoms with E-state index in [4.69, 9.17) is 0 Å². The van der Waals surface area contributed by atoms with E-state index in [0.29, 0.717) is 0 Å². The van der Waals surface area contributed by atoms with E-state index in [2.05, 4.69) is 15.5 Å². The zero-order valence-electron chi connectivity index (χ0n) is 14.6. The number of fused-ring (bicyclic) bond motifs is 1. The summed E-state index contributed by atoms with van der Waals surface area (Å²) in [6.07, 6.45) is 3.67. The molecule has 4 rings (SSSR count). The van der Waals surface area contributed by atoms with Crippen LogP contribution in [0.4, 0.5) is 14.5 Å². The third-order valence-corrected chi connectivity index (χ3v) is 4.86. The lowest BCUT2D eigenvalue weighted by molar-refractivity contribution is -0.117. The van der Waals surface area contributed by atoms with E-state index in [-0.39, 0.29) is 24.1 Å².